The minimum absolute atomic E-state index is 0.122. The van der Waals surface area contributed by atoms with Crippen molar-refractivity contribution in [3.63, 3.8) is 0 Å². The van der Waals surface area contributed by atoms with Crippen LogP contribution in [0.15, 0.2) is 59.3 Å². The summed E-state index contributed by atoms with van der Waals surface area (Å²) >= 11 is 2.10. The Morgan fingerprint density at radius 2 is 1.78 bits per heavy atom. The molecule has 1 heterocycles. The summed E-state index contributed by atoms with van der Waals surface area (Å²) in [5.41, 5.74) is 4.39. The molecule has 0 radical (unpaired) electrons. The molecule has 0 unspecified atom stereocenters. The van der Waals surface area contributed by atoms with Crippen molar-refractivity contribution < 1.29 is 28.6 Å². The lowest BCUT2D eigenvalue weighted by Gasteiger charge is -2.29. The van der Waals surface area contributed by atoms with Crippen molar-refractivity contribution in [1.82, 2.24) is 5.32 Å². The zero-order chi connectivity index (χ0) is 23.0. The molecule has 0 spiro atoms. The molecule has 1 atom stereocenters. The fourth-order valence-electron chi connectivity index (χ4n) is 4.05. The number of methoxy groups -OCH3 is 2. The van der Waals surface area contributed by atoms with E-state index in [0.717, 1.165) is 14.7 Å². The quantitative estimate of drug-likeness (QED) is 0.454. The zero-order valence-corrected chi connectivity index (χ0v) is 19.8. The first-order valence-corrected chi connectivity index (χ1v) is 10.9. The summed E-state index contributed by atoms with van der Waals surface area (Å²) in [7, 11) is 2.62. The second-order valence-electron chi connectivity index (χ2n) is 7.31. The van der Waals surface area contributed by atoms with E-state index in [1.54, 1.807) is 25.1 Å². The van der Waals surface area contributed by atoms with Gasteiger partial charge in [-0.25, -0.2) is 9.59 Å². The first-order chi connectivity index (χ1) is 15.4. The Balaban J connectivity index is 1.81. The molecule has 2 aromatic carbocycles. The molecule has 8 heteroatoms. The van der Waals surface area contributed by atoms with Gasteiger partial charge >= 0.3 is 11.9 Å². The Morgan fingerprint density at radius 3 is 2.44 bits per heavy atom. The lowest BCUT2D eigenvalue weighted by Crippen LogP contribution is -2.29. The van der Waals surface area contributed by atoms with Gasteiger partial charge in [-0.3, -0.25) is 4.79 Å². The van der Waals surface area contributed by atoms with E-state index >= 15 is 0 Å². The lowest BCUT2D eigenvalue weighted by molar-refractivity contribution is -0.143. The maximum absolute atomic E-state index is 13.4. The molecule has 164 valence electrons. The maximum atomic E-state index is 13.4. The molecule has 1 aliphatic heterocycles. The van der Waals surface area contributed by atoms with Crippen LogP contribution in [0.3, 0.4) is 0 Å². The Kier molecular flexibility index (Phi) is 6.05. The number of carbonyl (C=O) groups excluding carboxylic acids is 3. The fourth-order valence-corrected chi connectivity index (χ4v) is 4.75. The summed E-state index contributed by atoms with van der Waals surface area (Å²) in [4.78, 5) is 37.6. The second-order valence-corrected chi connectivity index (χ2v) is 8.47. The third-order valence-electron chi connectivity index (χ3n) is 5.52. The first kappa shape index (κ1) is 22.1. The number of ether oxygens (including phenoxy) is 3. The van der Waals surface area contributed by atoms with Crippen LogP contribution >= 0.6 is 22.6 Å². The molecule has 1 N–H and O–H groups in total. The van der Waals surface area contributed by atoms with Crippen molar-refractivity contribution in [2.24, 2.45) is 0 Å². The van der Waals surface area contributed by atoms with Gasteiger partial charge in [0.15, 0.2) is 12.4 Å². The van der Waals surface area contributed by atoms with E-state index in [4.69, 9.17) is 9.47 Å². The van der Waals surface area contributed by atoms with Gasteiger partial charge in [-0.05, 0) is 47.2 Å². The third-order valence-corrected chi connectivity index (χ3v) is 6.36. The number of halogens is 1. The van der Waals surface area contributed by atoms with Gasteiger partial charge in [0.2, 0.25) is 0 Å². The van der Waals surface area contributed by atoms with Crippen LogP contribution in [0, 0.1) is 3.57 Å². The van der Waals surface area contributed by atoms with Crippen LogP contribution in [0.5, 0.6) is 5.75 Å². The topological polar surface area (TPSA) is 90.9 Å². The van der Waals surface area contributed by atoms with Gasteiger partial charge in [-0.15, -0.1) is 0 Å². The highest BCUT2D eigenvalue weighted by Crippen LogP contribution is 2.47. The summed E-state index contributed by atoms with van der Waals surface area (Å²) < 4.78 is 15.9. The molecular weight excluding hydrogens is 525 g/mol. The predicted molar refractivity (Wildman–Crippen MR) is 125 cm³/mol. The number of esters is 2. The van der Waals surface area contributed by atoms with Gasteiger partial charge in [0, 0.05) is 28.3 Å². The highest BCUT2D eigenvalue weighted by atomic mass is 127. The molecule has 2 aromatic rings. The SMILES string of the molecule is COC(=O)COc1ccc([C@H]2C(C(=O)OC)=C(C)NC3=C2C(=O)c2ccccc23)cc1I. The molecule has 0 saturated carbocycles. The van der Waals surface area contributed by atoms with E-state index in [-0.39, 0.29) is 12.4 Å². The van der Waals surface area contributed by atoms with Crippen LogP contribution in [0.4, 0.5) is 0 Å². The molecule has 2 aliphatic rings. The van der Waals surface area contributed by atoms with Crippen LogP contribution < -0.4 is 10.1 Å². The van der Waals surface area contributed by atoms with Crippen molar-refractivity contribution in [1.29, 1.82) is 0 Å². The molecule has 0 bridgehead atoms. The van der Waals surface area contributed by atoms with E-state index in [2.05, 4.69) is 32.6 Å². The normalized spacial score (nSPS) is 16.9. The lowest BCUT2D eigenvalue weighted by atomic mass is 9.80. The number of ketones is 1. The molecular formula is C24H20INO6. The highest BCUT2D eigenvalue weighted by Gasteiger charge is 2.42. The number of carbonyl (C=O) groups is 3. The predicted octanol–water partition coefficient (Wildman–Crippen LogP) is 3.58. The Hall–Kier alpha value is -3.14. The van der Waals surface area contributed by atoms with E-state index in [9.17, 15) is 14.4 Å². The molecule has 0 aromatic heterocycles. The zero-order valence-electron chi connectivity index (χ0n) is 17.7. The van der Waals surface area contributed by atoms with Crippen LogP contribution in [0.2, 0.25) is 0 Å². The monoisotopic (exact) mass is 545 g/mol. The number of benzene rings is 2. The largest absolute Gasteiger partial charge is 0.481 e. The van der Waals surface area contributed by atoms with Crippen molar-refractivity contribution in [3.05, 3.63) is 79.6 Å². The third kappa shape index (κ3) is 3.68. The highest BCUT2D eigenvalue weighted by molar-refractivity contribution is 14.1. The number of allylic oxidation sites excluding steroid dienone is 2. The Labute approximate surface area is 198 Å². The van der Waals surface area contributed by atoms with Crippen molar-refractivity contribution in [2.45, 2.75) is 12.8 Å². The number of hydrogen-bond donors (Lipinski definition) is 1. The average Bonchev–Trinajstić information content (AvgIpc) is 3.08. The van der Waals surface area contributed by atoms with E-state index < -0.39 is 17.9 Å². The number of rotatable bonds is 5. The maximum Gasteiger partial charge on any atom is 0.343 e. The molecule has 4 rings (SSSR count). The molecule has 7 nitrogen and oxygen atoms in total. The smallest absolute Gasteiger partial charge is 0.343 e. The second kappa shape index (κ2) is 8.78. The molecule has 0 fully saturated rings. The van der Waals surface area contributed by atoms with Crippen molar-refractivity contribution >= 4 is 46.0 Å². The number of nitrogens with one attached hydrogen (secondary N) is 1. The summed E-state index contributed by atoms with van der Waals surface area (Å²) in [6, 6.07) is 12.7. The molecule has 0 saturated heterocycles. The number of Topliss-reactive ketones (excluding diaryl/α,β-unsaturated/α-hetero) is 1. The summed E-state index contributed by atoms with van der Waals surface area (Å²) in [6.07, 6.45) is 0. The average molecular weight is 545 g/mol. The molecule has 0 amide bonds. The minimum atomic E-state index is -0.609. The first-order valence-electron chi connectivity index (χ1n) is 9.80. The van der Waals surface area contributed by atoms with Gasteiger partial charge < -0.3 is 19.5 Å². The van der Waals surface area contributed by atoms with Gasteiger partial charge in [-0.1, -0.05) is 30.3 Å². The van der Waals surface area contributed by atoms with E-state index in [0.29, 0.717) is 33.9 Å². The fraction of sp³-hybridized carbons (Fsp3) is 0.208. The van der Waals surface area contributed by atoms with Crippen LogP contribution in [0.1, 0.15) is 34.3 Å². The molecule has 1 aliphatic carbocycles. The van der Waals surface area contributed by atoms with Gasteiger partial charge in [0.05, 0.1) is 29.1 Å². The van der Waals surface area contributed by atoms with Crippen LogP contribution in [-0.4, -0.2) is 38.5 Å². The van der Waals surface area contributed by atoms with Gasteiger partial charge in [0.25, 0.3) is 0 Å². The van der Waals surface area contributed by atoms with E-state index in [1.165, 1.54) is 14.2 Å². The van der Waals surface area contributed by atoms with Crippen LogP contribution in [0.25, 0.3) is 5.70 Å². The Morgan fingerprint density at radius 1 is 1.06 bits per heavy atom. The number of fused-ring (bicyclic) bond motifs is 2. The summed E-state index contributed by atoms with van der Waals surface area (Å²) in [5, 5.41) is 3.25. The van der Waals surface area contributed by atoms with Crippen molar-refractivity contribution in [2.75, 3.05) is 20.8 Å². The molecule has 32 heavy (non-hydrogen) atoms. The van der Waals surface area contributed by atoms with Crippen LogP contribution in [-0.2, 0) is 19.1 Å². The Bertz CT molecular complexity index is 1210. The standard InChI is InChI=1S/C24H20INO6/c1-12-19(24(29)31-3)20(13-8-9-17(16(25)10-13)32-11-18(27)30-2)21-22(26-12)14-6-4-5-7-15(14)23(21)28/h4-10,20,26H,11H2,1-3H3/t20-/m0/s1. The minimum Gasteiger partial charge on any atom is -0.481 e. The number of dihydropyridines is 1. The van der Waals surface area contributed by atoms with Gasteiger partial charge in [0.1, 0.15) is 5.75 Å². The summed E-state index contributed by atoms with van der Waals surface area (Å²) in [6.45, 7) is 1.59. The van der Waals surface area contributed by atoms with Gasteiger partial charge in [-0.2, -0.15) is 0 Å². The van der Waals surface area contributed by atoms with Crippen molar-refractivity contribution in [3.8, 4) is 5.75 Å². The number of hydrogen-bond acceptors (Lipinski definition) is 7. The van der Waals surface area contributed by atoms with E-state index in [1.807, 2.05) is 24.3 Å². The summed E-state index contributed by atoms with van der Waals surface area (Å²) in [5.74, 6) is -1.22.